The van der Waals surface area contributed by atoms with Crippen LogP contribution >= 0.6 is 0 Å². The van der Waals surface area contributed by atoms with Crippen LogP contribution in [0.2, 0.25) is 0 Å². The molecule has 0 amide bonds. The van der Waals surface area contributed by atoms with Crippen LogP contribution in [0.4, 0.5) is 4.79 Å². The predicted octanol–water partition coefficient (Wildman–Crippen LogP) is 7.91. The Morgan fingerprint density at radius 1 is 1.03 bits per heavy atom. The Kier molecular flexibility index (Phi) is 7.66. The highest BCUT2D eigenvalue weighted by Crippen LogP contribution is 2.68. The van der Waals surface area contributed by atoms with Gasteiger partial charge in [0, 0.05) is 0 Å². The molecule has 7 heteroatoms. The van der Waals surface area contributed by atoms with Crippen LogP contribution in [-0.2, 0) is 14.9 Å². The summed E-state index contributed by atoms with van der Waals surface area (Å²) in [4.78, 5) is 12.2. The van der Waals surface area contributed by atoms with Gasteiger partial charge >= 0.3 is 6.16 Å². The van der Waals surface area contributed by atoms with E-state index >= 15 is 0 Å². The molecule has 5 unspecified atom stereocenters. The van der Waals surface area contributed by atoms with Gasteiger partial charge in [0.05, 0.1) is 0 Å². The van der Waals surface area contributed by atoms with Crippen molar-refractivity contribution < 1.29 is 27.2 Å². The summed E-state index contributed by atoms with van der Waals surface area (Å²) in [5.41, 5.74) is 0.792. The third-order valence-electron chi connectivity index (χ3n) is 11.7. The zero-order valence-electron chi connectivity index (χ0n) is 23.5. The second-order valence-electron chi connectivity index (χ2n) is 13.4. The summed E-state index contributed by atoms with van der Waals surface area (Å²) in [7, 11) is -4.50. The fraction of sp³-hybridized carbons (Fsp3) is 0.774. The highest BCUT2D eigenvalue weighted by Gasteiger charge is 2.60. The van der Waals surface area contributed by atoms with Gasteiger partial charge in [0.1, 0.15) is 11.0 Å². The molecule has 0 aromatic heterocycles. The van der Waals surface area contributed by atoms with Crippen molar-refractivity contribution in [3.05, 3.63) is 24.3 Å². The molecule has 4 saturated carbocycles. The highest BCUT2D eigenvalue weighted by molar-refractivity contribution is 7.86. The number of hydrogen-bond donors (Lipinski definition) is 1. The molecule has 9 atom stereocenters. The Hall–Kier alpha value is -1.60. The topological polar surface area (TPSA) is 89.9 Å². The van der Waals surface area contributed by atoms with Crippen LogP contribution in [0.25, 0.3) is 0 Å². The summed E-state index contributed by atoms with van der Waals surface area (Å²) in [6.45, 7) is 9.96. The van der Waals surface area contributed by atoms with Crippen LogP contribution in [-0.4, -0.2) is 25.2 Å². The van der Waals surface area contributed by atoms with Crippen LogP contribution in [0.3, 0.4) is 0 Å². The lowest BCUT2D eigenvalue weighted by molar-refractivity contribution is -0.131. The van der Waals surface area contributed by atoms with Crippen LogP contribution in [0.5, 0.6) is 5.75 Å². The number of fused-ring (bicyclic) bond motifs is 5. The lowest BCUT2D eigenvalue weighted by Gasteiger charge is -2.61. The first-order valence-corrected chi connectivity index (χ1v) is 16.4. The van der Waals surface area contributed by atoms with Crippen LogP contribution < -0.4 is 4.74 Å². The fourth-order valence-corrected chi connectivity index (χ4v) is 10.6. The molecule has 212 valence electrons. The second kappa shape index (κ2) is 10.4. The van der Waals surface area contributed by atoms with Crippen molar-refractivity contribution in [1.82, 2.24) is 0 Å². The van der Waals surface area contributed by atoms with Crippen LogP contribution in [0.15, 0.2) is 29.2 Å². The molecule has 4 fully saturated rings. The molecule has 4 aliphatic carbocycles. The van der Waals surface area contributed by atoms with Crippen LogP contribution in [0.1, 0.15) is 98.3 Å². The Bertz CT molecular complexity index is 1130. The summed E-state index contributed by atoms with van der Waals surface area (Å²) in [5, 5.41) is 0. The monoisotopic (exact) mass is 546 g/mol. The molecule has 0 aliphatic heterocycles. The van der Waals surface area contributed by atoms with E-state index in [1.807, 2.05) is 0 Å². The molecular weight excluding hydrogens is 500 g/mol. The molecule has 1 aromatic carbocycles. The number of para-hydroxylation sites is 1. The van der Waals surface area contributed by atoms with Gasteiger partial charge in [0.2, 0.25) is 0 Å². The minimum absolute atomic E-state index is 0.213. The smallest absolute Gasteiger partial charge is 0.431 e. The van der Waals surface area contributed by atoms with E-state index in [-0.39, 0.29) is 11.9 Å². The minimum atomic E-state index is -4.50. The first kappa shape index (κ1) is 27.9. The maximum atomic E-state index is 12.6. The van der Waals surface area contributed by atoms with Crippen molar-refractivity contribution in [2.75, 3.05) is 0 Å². The summed E-state index contributed by atoms with van der Waals surface area (Å²) >= 11 is 0. The van der Waals surface area contributed by atoms with Gasteiger partial charge in [0.25, 0.3) is 10.1 Å². The van der Waals surface area contributed by atoms with E-state index < -0.39 is 21.2 Å². The fourth-order valence-electron chi connectivity index (χ4n) is 9.96. The Labute approximate surface area is 229 Å². The quantitative estimate of drug-likeness (QED) is 0.221. The molecule has 0 saturated heterocycles. The zero-order chi connectivity index (χ0) is 27.3. The second-order valence-corrected chi connectivity index (χ2v) is 14.8. The van der Waals surface area contributed by atoms with Gasteiger partial charge in [-0.15, -0.1) is 0 Å². The first-order chi connectivity index (χ1) is 18.0. The van der Waals surface area contributed by atoms with Crippen molar-refractivity contribution in [3.63, 3.8) is 0 Å². The minimum Gasteiger partial charge on any atom is -0.431 e. The molecule has 6 nitrogen and oxygen atoms in total. The van der Waals surface area contributed by atoms with Crippen molar-refractivity contribution in [3.8, 4) is 5.75 Å². The predicted molar refractivity (Wildman–Crippen MR) is 146 cm³/mol. The third kappa shape index (κ3) is 4.91. The van der Waals surface area contributed by atoms with E-state index in [1.54, 1.807) is 6.07 Å². The van der Waals surface area contributed by atoms with Gasteiger partial charge in [-0.1, -0.05) is 52.7 Å². The lowest BCUT2D eigenvalue weighted by Crippen LogP contribution is -2.54. The van der Waals surface area contributed by atoms with E-state index in [2.05, 4.69) is 27.7 Å². The molecule has 5 rings (SSSR count). The average Bonchev–Trinajstić information content (AvgIpc) is 3.21. The van der Waals surface area contributed by atoms with Crippen LogP contribution in [0, 0.1) is 46.3 Å². The molecule has 4 aliphatic rings. The van der Waals surface area contributed by atoms with E-state index in [9.17, 15) is 17.8 Å². The summed E-state index contributed by atoms with van der Waals surface area (Å²) in [6.07, 6.45) is 12.2. The van der Waals surface area contributed by atoms with Gasteiger partial charge in [-0.25, -0.2) is 4.79 Å². The average molecular weight is 547 g/mol. The SMILES string of the molecule is CCC[C@@H](C)[C@H]1CCC2C3CCC4CC(OC(=O)Oc5ccccc5S(=O)(=O)O)CC[C@]4(C)C3CC[C@@]21C. The first-order valence-electron chi connectivity index (χ1n) is 14.9. The van der Waals surface area contributed by atoms with E-state index in [0.717, 1.165) is 48.9 Å². The van der Waals surface area contributed by atoms with E-state index in [0.29, 0.717) is 16.7 Å². The molecule has 0 radical (unpaired) electrons. The standard InChI is InChI=1S/C31H46O6S/c1-5-8-20(2)24-13-14-25-23-12-11-21-19-22(15-17-30(21,3)26(23)16-18-31(24,25)4)36-29(32)37-27-9-6-7-10-28(27)38(33,34)35/h6-7,9-10,20-26H,5,8,11-19H2,1-4H3,(H,33,34,35)/t20-,21?,22?,23?,24-,25?,26?,30+,31-/m1/s1. The van der Waals surface area contributed by atoms with Gasteiger partial charge in [-0.05, 0) is 116 Å². The molecule has 1 N–H and O–H groups in total. The van der Waals surface area contributed by atoms with E-state index in [1.165, 1.54) is 69.6 Å². The summed E-state index contributed by atoms with van der Waals surface area (Å²) < 4.78 is 43.6. The normalized spacial score (nSPS) is 39.4. The van der Waals surface area contributed by atoms with Crippen molar-refractivity contribution in [2.24, 2.45) is 46.3 Å². The molecule has 38 heavy (non-hydrogen) atoms. The van der Waals surface area contributed by atoms with Gasteiger partial charge in [-0.2, -0.15) is 8.42 Å². The third-order valence-corrected chi connectivity index (χ3v) is 12.6. The summed E-state index contributed by atoms with van der Waals surface area (Å²) in [5.74, 6) is 4.46. The van der Waals surface area contributed by atoms with Gasteiger partial charge < -0.3 is 9.47 Å². The Morgan fingerprint density at radius 3 is 2.47 bits per heavy atom. The highest BCUT2D eigenvalue weighted by atomic mass is 32.2. The van der Waals surface area contributed by atoms with Crippen molar-refractivity contribution in [1.29, 1.82) is 0 Å². The number of ether oxygens (including phenoxy) is 2. The van der Waals surface area contributed by atoms with Crippen molar-refractivity contribution >= 4 is 16.3 Å². The zero-order valence-corrected chi connectivity index (χ0v) is 24.3. The van der Waals surface area contributed by atoms with Crippen molar-refractivity contribution in [2.45, 2.75) is 109 Å². The number of rotatable bonds is 6. The molecule has 0 spiro atoms. The molecular formula is C31H46O6S. The summed E-state index contributed by atoms with van der Waals surface area (Å²) in [6, 6.07) is 5.56. The number of benzene rings is 1. The molecule has 0 heterocycles. The van der Waals surface area contributed by atoms with E-state index in [4.69, 9.17) is 9.47 Å². The Morgan fingerprint density at radius 2 is 1.74 bits per heavy atom. The lowest BCUT2D eigenvalue weighted by atomic mass is 9.44. The van der Waals surface area contributed by atoms with Gasteiger partial charge in [-0.3, -0.25) is 4.55 Å². The Balaban J connectivity index is 1.23. The maximum absolute atomic E-state index is 12.6. The van der Waals surface area contributed by atoms with Gasteiger partial charge in [0.15, 0.2) is 5.75 Å². The number of hydrogen-bond acceptors (Lipinski definition) is 5. The molecule has 1 aromatic rings. The molecule has 0 bridgehead atoms. The number of carbonyl (C=O) groups excluding carboxylic acids is 1. The largest absolute Gasteiger partial charge is 0.514 e. The maximum Gasteiger partial charge on any atom is 0.514 e. The number of carbonyl (C=O) groups is 1.